The van der Waals surface area contributed by atoms with E-state index >= 15 is 0 Å². The van der Waals surface area contributed by atoms with Crippen LogP contribution in [0.25, 0.3) is 0 Å². The molecule has 98 valence electrons. The molecule has 0 aliphatic carbocycles. The van der Waals surface area contributed by atoms with E-state index in [1.54, 1.807) is 17.1 Å². The maximum atomic E-state index is 12.5. The van der Waals surface area contributed by atoms with Crippen molar-refractivity contribution >= 4 is 15.9 Å². The van der Waals surface area contributed by atoms with E-state index in [1.807, 2.05) is 6.92 Å². The van der Waals surface area contributed by atoms with Crippen molar-refractivity contribution in [3.63, 3.8) is 0 Å². The molecular formula is C10H10BrF3N4. The summed E-state index contributed by atoms with van der Waals surface area (Å²) in [5, 5.41) is 7.57. The Morgan fingerprint density at radius 2 is 2.11 bits per heavy atom. The van der Waals surface area contributed by atoms with Crippen molar-refractivity contribution in [1.29, 1.82) is 0 Å². The highest BCUT2D eigenvalue weighted by Crippen LogP contribution is 2.30. The standard InChI is InChI=1S/C10H10BrF3N4/c1-2-17-5-7(4-15-17)6-18-9(11)3-8(16-18)10(12,13)14/h3-5H,2,6H2,1H3. The van der Waals surface area contributed by atoms with Gasteiger partial charge in [0.2, 0.25) is 0 Å². The van der Waals surface area contributed by atoms with Gasteiger partial charge >= 0.3 is 6.18 Å². The number of aromatic nitrogens is 4. The molecule has 0 saturated carbocycles. The van der Waals surface area contributed by atoms with Gasteiger partial charge in [0, 0.05) is 24.4 Å². The maximum Gasteiger partial charge on any atom is 0.435 e. The smallest absolute Gasteiger partial charge is 0.273 e. The first-order chi connectivity index (χ1) is 8.40. The quantitative estimate of drug-likeness (QED) is 0.871. The molecule has 0 spiro atoms. The number of hydrogen-bond donors (Lipinski definition) is 0. The Morgan fingerprint density at radius 1 is 1.39 bits per heavy atom. The molecule has 2 aromatic heterocycles. The monoisotopic (exact) mass is 322 g/mol. The van der Waals surface area contributed by atoms with Gasteiger partial charge in [-0.1, -0.05) is 0 Å². The van der Waals surface area contributed by atoms with Crippen LogP contribution in [0.4, 0.5) is 13.2 Å². The van der Waals surface area contributed by atoms with Crippen LogP contribution >= 0.6 is 15.9 Å². The zero-order valence-electron chi connectivity index (χ0n) is 9.45. The molecule has 2 heterocycles. The highest BCUT2D eigenvalue weighted by Gasteiger charge is 2.34. The van der Waals surface area contributed by atoms with Crippen molar-refractivity contribution in [2.45, 2.75) is 26.2 Å². The van der Waals surface area contributed by atoms with E-state index in [2.05, 4.69) is 26.1 Å². The van der Waals surface area contributed by atoms with Gasteiger partial charge < -0.3 is 0 Å². The largest absolute Gasteiger partial charge is 0.435 e. The molecule has 0 aliphatic heterocycles. The number of rotatable bonds is 3. The van der Waals surface area contributed by atoms with Crippen molar-refractivity contribution in [3.05, 3.63) is 34.3 Å². The molecule has 0 amide bonds. The van der Waals surface area contributed by atoms with Crippen molar-refractivity contribution in [1.82, 2.24) is 19.6 Å². The van der Waals surface area contributed by atoms with Gasteiger partial charge in [-0.2, -0.15) is 23.4 Å². The average molecular weight is 323 g/mol. The topological polar surface area (TPSA) is 35.6 Å². The average Bonchev–Trinajstić information content (AvgIpc) is 2.86. The molecule has 18 heavy (non-hydrogen) atoms. The van der Waals surface area contributed by atoms with Crippen molar-refractivity contribution in [3.8, 4) is 0 Å². The summed E-state index contributed by atoms with van der Waals surface area (Å²) in [4.78, 5) is 0. The van der Waals surface area contributed by atoms with E-state index in [0.29, 0.717) is 11.1 Å². The Bertz CT molecular complexity index is 544. The Hall–Kier alpha value is -1.31. The van der Waals surface area contributed by atoms with Crippen molar-refractivity contribution in [2.75, 3.05) is 0 Å². The van der Waals surface area contributed by atoms with E-state index < -0.39 is 11.9 Å². The molecule has 0 radical (unpaired) electrons. The molecule has 0 N–H and O–H groups in total. The molecule has 2 aromatic rings. The lowest BCUT2D eigenvalue weighted by atomic mass is 10.4. The third-order valence-corrected chi connectivity index (χ3v) is 3.00. The third-order valence-electron chi connectivity index (χ3n) is 2.36. The van der Waals surface area contributed by atoms with Crippen LogP contribution in [0.15, 0.2) is 23.1 Å². The molecule has 4 nitrogen and oxygen atoms in total. The van der Waals surface area contributed by atoms with Crippen molar-refractivity contribution in [2.24, 2.45) is 0 Å². The van der Waals surface area contributed by atoms with Crippen LogP contribution in [0.3, 0.4) is 0 Å². The van der Waals surface area contributed by atoms with Crippen molar-refractivity contribution < 1.29 is 13.2 Å². The minimum absolute atomic E-state index is 0.247. The third kappa shape index (κ3) is 2.74. The fourth-order valence-electron chi connectivity index (χ4n) is 1.48. The summed E-state index contributed by atoms with van der Waals surface area (Å²) >= 11 is 3.06. The highest BCUT2D eigenvalue weighted by atomic mass is 79.9. The number of alkyl halides is 3. The molecule has 0 saturated heterocycles. The van der Waals surface area contributed by atoms with E-state index in [1.165, 1.54) is 4.68 Å². The van der Waals surface area contributed by atoms with Gasteiger partial charge in [0.25, 0.3) is 0 Å². The zero-order chi connectivity index (χ0) is 13.3. The van der Waals surface area contributed by atoms with Gasteiger partial charge in [0.05, 0.1) is 12.7 Å². The van der Waals surface area contributed by atoms with Gasteiger partial charge in [-0.25, -0.2) is 0 Å². The molecule has 2 rings (SSSR count). The fraction of sp³-hybridized carbons (Fsp3) is 0.400. The lowest BCUT2D eigenvalue weighted by Gasteiger charge is -2.02. The lowest BCUT2D eigenvalue weighted by molar-refractivity contribution is -0.141. The molecule has 0 fully saturated rings. The van der Waals surface area contributed by atoms with Crippen LogP contribution in [0.2, 0.25) is 0 Å². The molecule has 8 heteroatoms. The van der Waals surface area contributed by atoms with Crippen LogP contribution < -0.4 is 0 Å². The van der Waals surface area contributed by atoms with Crippen LogP contribution in [0, 0.1) is 0 Å². The molecule has 0 bridgehead atoms. The molecule has 0 unspecified atom stereocenters. The first-order valence-corrected chi connectivity index (χ1v) is 6.01. The van der Waals surface area contributed by atoms with E-state index in [-0.39, 0.29) is 6.54 Å². The van der Waals surface area contributed by atoms with Gasteiger partial charge in [0.1, 0.15) is 4.60 Å². The summed E-state index contributed by atoms with van der Waals surface area (Å²) in [6.45, 7) is 2.90. The number of aryl methyl sites for hydroxylation is 1. The van der Waals surface area contributed by atoms with Crippen LogP contribution in [0.5, 0.6) is 0 Å². The summed E-state index contributed by atoms with van der Waals surface area (Å²) in [6, 6.07) is 0.963. The molecule has 0 aromatic carbocycles. The number of halogens is 4. The normalized spacial score (nSPS) is 12.1. The SMILES string of the molecule is CCn1cc(Cn2nc(C(F)(F)F)cc2Br)cn1. The summed E-state index contributed by atoms with van der Waals surface area (Å²) in [6.07, 6.45) is -1.03. The Balaban J connectivity index is 2.21. The minimum atomic E-state index is -4.43. The Kier molecular flexibility index (Phi) is 3.47. The van der Waals surface area contributed by atoms with Crippen LogP contribution in [-0.2, 0) is 19.3 Å². The van der Waals surface area contributed by atoms with Gasteiger partial charge in [0.15, 0.2) is 5.69 Å². The first kappa shape index (κ1) is 13.1. The Morgan fingerprint density at radius 3 is 2.61 bits per heavy atom. The fourth-order valence-corrected chi connectivity index (χ4v) is 1.90. The summed E-state index contributed by atoms with van der Waals surface area (Å²) in [7, 11) is 0. The van der Waals surface area contributed by atoms with E-state index in [0.717, 1.165) is 11.6 Å². The van der Waals surface area contributed by atoms with E-state index in [9.17, 15) is 13.2 Å². The molecular weight excluding hydrogens is 313 g/mol. The second kappa shape index (κ2) is 4.75. The van der Waals surface area contributed by atoms with Crippen LogP contribution in [0.1, 0.15) is 18.2 Å². The van der Waals surface area contributed by atoms with E-state index in [4.69, 9.17) is 0 Å². The minimum Gasteiger partial charge on any atom is -0.273 e. The second-order valence-electron chi connectivity index (χ2n) is 3.71. The Labute approximate surface area is 110 Å². The molecule has 0 atom stereocenters. The first-order valence-electron chi connectivity index (χ1n) is 5.22. The lowest BCUT2D eigenvalue weighted by Crippen LogP contribution is -2.08. The van der Waals surface area contributed by atoms with Gasteiger partial charge in [-0.3, -0.25) is 9.36 Å². The predicted molar refractivity (Wildman–Crippen MR) is 61.9 cm³/mol. The zero-order valence-corrected chi connectivity index (χ0v) is 11.0. The number of hydrogen-bond acceptors (Lipinski definition) is 2. The van der Waals surface area contributed by atoms with Gasteiger partial charge in [-0.05, 0) is 22.9 Å². The van der Waals surface area contributed by atoms with Crippen LogP contribution in [-0.4, -0.2) is 19.6 Å². The van der Waals surface area contributed by atoms with Gasteiger partial charge in [-0.15, -0.1) is 0 Å². The predicted octanol–water partition coefficient (Wildman–Crippen LogP) is 2.93. The second-order valence-corrected chi connectivity index (χ2v) is 4.52. The highest BCUT2D eigenvalue weighted by molar-refractivity contribution is 9.10. The number of nitrogens with zero attached hydrogens (tertiary/aromatic N) is 4. The summed E-state index contributed by atoms with van der Waals surface area (Å²) < 4.78 is 40.6. The maximum absolute atomic E-state index is 12.5. The summed E-state index contributed by atoms with van der Waals surface area (Å²) in [5.74, 6) is 0. The summed E-state index contributed by atoms with van der Waals surface area (Å²) in [5.41, 5.74) is -0.105. The molecule has 0 aliphatic rings.